The average Bonchev–Trinajstić information content (AvgIpc) is 2.29. The van der Waals surface area contributed by atoms with E-state index >= 15 is 0 Å². The molecule has 0 aliphatic heterocycles. The zero-order valence-electron chi connectivity index (χ0n) is 9.11. The fourth-order valence-corrected chi connectivity index (χ4v) is 1.66. The molecule has 7 heteroatoms. The number of hydrogen-bond donors (Lipinski definition) is 2. The molecular formula is C10H12BrClN2O3. The number of ether oxygens (including phenoxy) is 1. The summed E-state index contributed by atoms with van der Waals surface area (Å²) in [5, 5.41) is 12.0. The van der Waals surface area contributed by atoms with Gasteiger partial charge in [-0.2, -0.15) is 0 Å². The van der Waals surface area contributed by atoms with Gasteiger partial charge in [0.25, 0.3) is 5.91 Å². The summed E-state index contributed by atoms with van der Waals surface area (Å²) in [6.45, 7) is 0.250. The van der Waals surface area contributed by atoms with E-state index in [1.165, 1.54) is 13.3 Å². The first-order chi connectivity index (χ1) is 8.04. The number of nitrogens with zero attached hydrogens (tertiary/aromatic N) is 1. The van der Waals surface area contributed by atoms with Crippen LogP contribution in [0.5, 0.6) is 0 Å². The monoisotopic (exact) mass is 322 g/mol. The second-order valence-corrected chi connectivity index (χ2v) is 4.58. The topological polar surface area (TPSA) is 71.5 Å². The van der Waals surface area contributed by atoms with E-state index in [2.05, 4.69) is 26.2 Å². The molecule has 1 aromatic rings. The van der Waals surface area contributed by atoms with Gasteiger partial charge in [-0.25, -0.2) is 4.98 Å². The third kappa shape index (κ3) is 4.59. The molecule has 0 aliphatic carbocycles. The Bertz CT molecular complexity index is 403. The summed E-state index contributed by atoms with van der Waals surface area (Å²) in [7, 11) is 1.47. The maximum Gasteiger partial charge on any atom is 0.254 e. The van der Waals surface area contributed by atoms with Gasteiger partial charge in [0.2, 0.25) is 0 Å². The lowest BCUT2D eigenvalue weighted by atomic mass is 10.2. The van der Waals surface area contributed by atoms with Crippen LogP contribution in [0.25, 0.3) is 0 Å². The Morgan fingerprint density at radius 3 is 3.12 bits per heavy atom. The van der Waals surface area contributed by atoms with Gasteiger partial charge in [-0.1, -0.05) is 11.6 Å². The zero-order valence-corrected chi connectivity index (χ0v) is 11.5. The van der Waals surface area contributed by atoms with E-state index in [0.717, 1.165) is 0 Å². The van der Waals surface area contributed by atoms with Gasteiger partial charge >= 0.3 is 0 Å². The van der Waals surface area contributed by atoms with Crippen LogP contribution >= 0.6 is 27.5 Å². The number of hydrogen-bond acceptors (Lipinski definition) is 4. The standard InChI is InChI=1S/C10H12BrClN2O3/c1-17-5-7(15)4-14-10(16)8-2-6(11)3-13-9(8)12/h2-3,7,15H,4-5H2,1H3,(H,14,16). The van der Waals surface area contributed by atoms with Crippen molar-refractivity contribution in [2.24, 2.45) is 0 Å². The van der Waals surface area contributed by atoms with E-state index < -0.39 is 6.10 Å². The summed E-state index contributed by atoms with van der Waals surface area (Å²) >= 11 is 8.99. The molecule has 0 bridgehead atoms. The largest absolute Gasteiger partial charge is 0.389 e. The number of carbonyl (C=O) groups is 1. The van der Waals surface area contributed by atoms with Crippen LogP contribution < -0.4 is 5.32 Å². The molecule has 0 fully saturated rings. The number of nitrogens with one attached hydrogen (secondary N) is 1. The molecule has 0 aromatic carbocycles. The molecule has 1 rings (SSSR count). The lowest BCUT2D eigenvalue weighted by molar-refractivity contribution is 0.0609. The van der Waals surface area contributed by atoms with Gasteiger partial charge < -0.3 is 15.2 Å². The number of amides is 1. The van der Waals surface area contributed by atoms with E-state index in [9.17, 15) is 9.90 Å². The molecule has 1 heterocycles. The Morgan fingerprint density at radius 1 is 1.76 bits per heavy atom. The van der Waals surface area contributed by atoms with Crippen LogP contribution in [0.1, 0.15) is 10.4 Å². The normalized spacial score (nSPS) is 12.2. The van der Waals surface area contributed by atoms with Gasteiger partial charge in [0.1, 0.15) is 5.15 Å². The van der Waals surface area contributed by atoms with Crippen LogP contribution in [0.4, 0.5) is 0 Å². The number of pyridine rings is 1. The fourth-order valence-electron chi connectivity index (χ4n) is 1.14. The van der Waals surface area contributed by atoms with E-state index in [0.29, 0.717) is 4.47 Å². The molecule has 5 nitrogen and oxygen atoms in total. The highest BCUT2D eigenvalue weighted by Crippen LogP contribution is 2.17. The maximum absolute atomic E-state index is 11.7. The second kappa shape index (κ2) is 6.90. The molecule has 94 valence electrons. The van der Waals surface area contributed by atoms with Crippen molar-refractivity contribution in [3.63, 3.8) is 0 Å². The third-order valence-electron chi connectivity index (χ3n) is 1.91. The highest BCUT2D eigenvalue weighted by atomic mass is 79.9. The van der Waals surface area contributed by atoms with Crippen molar-refractivity contribution in [2.45, 2.75) is 6.10 Å². The highest BCUT2D eigenvalue weighted by Gasteiger charge is 2.13. The van der Waals surface area contributed by atoms with Gasteiger partial charge in [0.05, 0.1) is 18.3 Å². The molecule has 0 spiro atoms. The number of carbonyl (C=O) groups excluding carboxylic acids is 1. The summed E-state index contributed by atoms with van der Waals surface area (Å²) in [6, 6.07) is 1.56. The molecule has 17 heavy (non-hydrogen) atoms. The van der Waals surface area contributed by atoms with E-state index in [-0.39, 0.29) is 29.8 Å². The van der Waals surface area contributed by atoms with Crippen molar-refractivity contribution in [2.75, 3.05) is 20.3 Å². The van der Waals surface area contributed by atoms with Crippen LogP contribution in [-0.2, 0) is 4.74 Å². The van der Waals surface area contributed by atoms with Gasteiger partial charge in [-0.05, 0) is 22.0 Å². The van der Waals surface area contributed by atoms with Crippen LogP contribution in [-0.4, -0.2) is 42.4 Å². The Morgan fingerprint density at radius 2 is 2.47 bits per heavy atom. The van der Waals surface area contributed by atoms with Crippen molar-refractivity contribution in [3.05, 3.63) is 27.5 Å². The van der Waals surface area contributed by atoms with Crippen LogP contribution in [0, 0.1) is 0 Å². The summed E-state index contributed by atoms with van der Waals surface area (Å²) in [4.78, 5) is 15.6. The van der Waals surface area contributed by atoms with Crippen molar-refractivity contribution in [1.29, 1.82) is 0 Å². The van der Waals surface area contributed by atoms with Crippen LogP contribution in [0.3, 0.4) is 0 Å². The minimum Gasteiger partial charge on any atom is -0.389 e. The molecule has 1 unspecified atom stereocenters. The minimum atomic E-state index is -0.747. The van der Waals surface area contributed by atoms with Gasteiger partial charge in [0.15, 0.2) is 0 Å². The summed E-state index contributed by atoms with van der Waals surface area (Å²) in [5.74, 6) is -0.390. The number of rotatable bonds is 5. The van der Waals surface area contributed by atoms with Crippen molar-refractivity contribution in [3.8, 4) is 0 Å². The number of aliphatic hydroxyl groups excluding tert-OH is 1. The van der Waals surface area contributed by atoms with E-state index in [4.69, 9.17) is 16.3 Å². The van der Waals surface area contributed by atoms with Crippen molar-refractivity contribution < 1.29 is 14.6 Å². The Balaban J connectivity index is 2.61. The maximum atomic E-state index is 11.7. The highest BCUT2D eigenvalue weighted by molar-refractivity contribution is 9.10. The molecule has 0 aliphatic rings. The molecular weight excluding hydrogens is 311 g/mol. The lowest BCUT2D eigenvalue weighted by Crippen LogP contribution is -2.34. The first-order valence-corrected chi connectivity index (χ1v) is 5.98. The molecule has 1 aromatic heterocycles. The smallest absolute Gasteiger partial charge is 0.254 e. The molecule has 2 N–H and O–H groups in total. The Hall–Kier alpha value is -0.690. The quantitative estimate of drug-likeness (QED) is 0.800. The van der Waals surface area contributed by atoms with E-state index in [1.54, 1.807) is 6.07 Å². The molecule has 0 saturated carbocycles. The van der Waals surface area contributed by atoms with Gasteiger partial charge in [0, 0.05) is 24.3 Å². The number of aromatic nitrogens is 1. The molecule has 0 radical (unpaired) electrons. The Labute approximate surface area is 112 Å². The fraction of sp³-hybridized carbons (Fsp3) is 0.400. The predicted octanol–water partition coefficient (Wildman–Crippen LogP) is 1.23. The van der Waals surface area contributed by atoms with Gasteiger partial charge in [-0.15, -0.1) is 0 Å². The minimum absolute atomic E-state index is 0.0928. The van der Waals surface area contributed by atoms with Gasteiger partial charge in [-0.3, -0.25) is 4.79 Å². The second-order valence-electron chi connectivity index (χ2n) is 3.31. The molecule has 0 saturated heterocycles. The average molecular weight is 324 g/mol. The summed E-state index contributed by atoms with van der Waals surface area (Å²) < 4.78 is 5.39. The summed E-state index contributed by atoms with van der Waals surface area (Å²) in [6.07, 6.45) is 0.752. The zero-order chi connectivity index (χ0) is 12.8. The molecule has 1 atom stereocenters. The number of methoxy groups -OCH3 is 1. The van der Waals surface area contributed by atoms with Crippen LogP contribution in [0.2, 0.25) is 5.15 Å². The molecule has 1 amide bonds. The lowest BCUT2D eigenvalue weighted by Gasteiger charge is -2.11. The first kappa shape index (κ1) is 14.4. The first-order valence-electron chi connectivity index (χ1n) is 4.81. The number of aliphatic hydroxyl groups is 1. The van der Waals surface area contributed by atoms with Crippen molar-refractivity contribution in [1.82, 2.24) is 10.3 Å². The SMILES string of the molecule is COCC(O)CNC(=O)c1cc(Br)cnc1Cl. The predicted molar refractivity (Wildman–Crippen MR) is 67.2 cm³/mol. The summed E-state index contributed by atoms with van der Waals surface area (Å²) in [5.41, 5.74) is 0.255. The van der Waals surface area contributed by atoms with E-state index in [1.807, 2.05) is 0 Å². The van der Waals surface area contributed by atoms with Crippen LogP contribution in [0.15, 0.2) is 16.7 Å². The number of halogens is 2. The third-order valence-corrected chi connectivity index (χ3v) is 2.64. The Kier molecular flexibility index (Phi) is 5.84. The van der Waals surface area contributed by atoms with Crippen molar-refractivity contribution >= 4 is 33.4 Å².